The van der Waals surface area contributed by atoms with Gasteiger partial charge in [-0.05, 0) is 36.5 Å². The van der Waals surface area contributed by atoms with Gasteiger partial charge >= 0.3 is 12.0 Å². The number of para-hydroxylation sites is 1. The molecule has 0 saturated carbocycles. The van der Waals surface area contributed by atoms with Crippen LogP contribution in [0.1, 0.15) is 25.8 Å². The third-order valence-corrected chi connectivity index (χ3v) is 4.39. The number of urea groups is 1. The van der Waals surface area contributed by atoms with E-state index in [0.29, 0.717) is 12.2 Å². The van der Waals surface area contributed by atoms with Gasteiger partial charge in [-0.1, -0.05) is 62.4 Å². The Morgan fingerprint density at radius 3 is 2.20 bits per heavy atom. The molecule has 0 fully saturated rings. The Kier molecular flexibility index (Phi) is 9.37. The molecule has 0 heterocycles. The molecule has 3 amide bonds. The maximum Gasteiger partial charge on any atom is 0.329 e. The van der Waals surface area contributed by atoms with Crippen molar-refractivity contribution in [2.75, 3.05) is 18.5 Å². The summed E-state index contributed by atoms with van der Waals surface area (Å²) in [6.45, 7) is 3.70. The third kappa shape index (κ3) is 8.34. The lowest BCUT2D eigenvalue weighted by Gasteiger charge is -2.21. The van der Waals surface area contributed by atoms with Crippen LogP contribution in [0.15, 0.2) is 60.7 Å². The first-order chi connectivity index (χ1) is 14.5. The van der Waals surface area contributed by atoms with Crippen molar-refractivity contribution < 1.29 is 19.1 Å². The smallest absolute Gasteiger partial charge is 0.329 e. The summed E-state index contributed by atoms with van der Waals surface area (Å²) in [6, 6.07) is 17.5. The quantitative estimate of drug-likeness (QED) is 0.413. The van der Waals surface area contributed by atoms with E-state index in [1.54, 1.807) is 38.1 Å². The van der Waals surface area contributed by atoms with E-state index in [1.807, 2.05) is 36.4 Å². The number of benzene rings is 2. The zero-order valence-electron chi connectivity index (χ0n) is 17.4. The summed E-state index contributed by atoms with van der Waals surface area (Å²) in [5.41, 5.74) is 1.82. The maximum atomic E-state index is 12.3. The van der Waals surface area contributed by atoms with Crippen molar-refractivity contribution in [2.24, 2.45) is 5.92 Å². The van der Waals surface area contributed by atoms with Crippen molar-refractivity contribution in [3.63, 3.8) is 0 Å². The molecule has 7 heteroatoms. The van der Waals surface area contributed by atoms with Gasteiger partial charge in [-0.15, -0.1) is 0 Å². The summed E-state index contributed by atoms with van der Waals surface area (Å²) < 4.78 is 5.10. The molecular formula is C23H29N3O4. The van der Waals surface area contributed by atoms with Crippen LogP contribution in [0.5, 0.6) is 0 Å². The van der Waals surface area contributed by atoms with Crippen LogP contribution in [0.4, 0.5) is 10.5 Å². The molecule has 2 aromatic rings. The SMILES string of the molecule is CC(C)[C@@H](NC(=O)Nc1ccccc1)C(=O)OCC(=O)NCCCc1ccccc1. The van der Waals surface area contributed by atoms with Crippen molar-refractivity contribution >= 4 is 23.6 Å². The molecule has 0 aromatic heterocycles. The molecule has 3 N–H and O–H groups in total. The Balaban J connectivity index is 1.70. The highest BCUT2D eigenvalue weighted by Crippen LogP contribution is 2.08. The lowest BCUT2D eigenvalue weighted by atomic mass is 10.1. The lowest BCUT2D eigenvalue weighted by Crippen LogP contribution is -2.47. The summed E-state index contributed by atoms with van der Waals surface area (Å²) >= 11 is 0. The Morgan fingerprint density at radius 2 is 1.57 bits per heavy atom. The van der Waals surface area contributed by atoms with Gasteiger partial charge in [0.2, 0.25) is 0 Å². The summed E-state index contributed by atoms with van der Waals surface area (Å²) in [6.07, 6.45) is 1.65. The van der Waals surface area contributed by atoms with Gasteiger partial charge in [0.05, 0.1) is 0 Å². The van der Waals surface area contributed by atoms with E-state index < -0.39 is 18.0 Å². The average Bonchev–Trinajstić information content (AvgIpc) is 2.74. The van der Waals surface area contributed by atoms with E-state index in [-0.39, 0.29) is 18.4 Å². The number of ether oxygens (including phenoxy) is 1. The number of esters is 1. The van der Waals surface area contributed by atoms with Gasteiger partial charge in [0.25, 0.3) is 5.91 Å². The molecule has 2 aromatic carbocycles. The third-order valence-electron chi connectivity index (χ3n) is 4.39. The van der Waals surface area contributed by atoms with Gasteiger partial charge in [-0.2, -0.15) is 0 Å². The fraction of sp³-hybridized carbons (Fsp3) is 0.348. The van der Waals surface area contributed by atoms with Gasteiger partial charge in [0, 0.05) is 12.2 Å². The van der Waals surface area contributed by atoms with Crippen LogP contribution in [-0.2, 0) is 20.7 Å². The number of carbonyl (C=O) groups excluding carboxylic acids is 3. The van der Waals surface area contributed by atoms with Gasteiger partial charge in [0.1, 0.15) is 6.04 Å². The molecule has 0 radical (unpaired) electrons. The number of hydrogen-bond donors (Lipinski definition) is 3. The Labute approximate surface area is 177 Å². The van der Waals surface area contributed by atoms with Crippen molar-refractivity contribution in [3.05, 3.63) is 66.2 Å². The molecule has 0 aliphatic heterocycles. The summed E-state index contributed by atoms with van der Waals surface area (Å²) in [5, 5.41) is 7.99. The summed E-state index contributed by atoms with van der Waals surface area (Å²) in [5.74, 6) is -1.21. The molecule has 0 bridgehead atoms. The highest BCUT2D eigenvalue weighted by molar-refractivity contribution is 5.93. The Bertz CT molecular complexity index is 810. The highest BCUT2D eigenvalue weighted by atomic mass is 16.5. The van der Waals surface area contributed by atoms with Gasteiger partial charge in [-0.25, -0.2) is 9.59 Å². The Hall–Kier alpha value is -3.35. The fourth-order valence-electron chi connectivity index (χ4n) is 2.77. The first-order valence-electron chi connectivity index (χ1n) is 10.1. The van der Waals surface area contributed by atoms with Crippen LogP contribution < -0.4 is 16.0 Å². The van der Waals surface area contributed by atoms with Gasteiger partial charge in [-0.3, -0.25) is 4.79 Å². The van der Waals surface area contributed by atoms with Crippen LogP contribution in [-0.4, -0.2) is 37.1 Å². The molecule has 2 rings (SSSR count). The van der Waals surface area contributed by atoms with Crippen molar-refractivity contribution in [1.29, 1.82) is 0 Å². The number of amides is 3. The normalized spacial score (nSPS) is 11.4. The van der Waals surface area contributed by atoms with Crippen LogP contribution >= 0.6 is 0 Å². The summed E-state index contributed by atoms with van der Waals surface area (Å²) in [7, 11) is 0. The van der Waals surface area contributed by atoms with Crippen LogP contribution in [0.3, 0.4) is 0 Å². The minimum Gasteiger partial charge on any atom is -0.454 e. The van der Waals surface area contributed by atoms with E-state index >= 15 is 0 Å². The van der Waals surface area contributed by atoms with Crippen LogP contribution in [0, 0.1) is 5.92 Å². The van der Waals surface area contributed by atoms with E-state index in [4.69, 9.17) is 4.74 Å². The minimum atomic E-state index is -0.861. The van der Waals surface area contributed by atoms with Crippen molar-refractivity contribution in [3.8, 4) is 0 Å². The summed E-state index contributed by atoms with van der Waals surface area (Å²) in [4.78, 5) is 36.4. The molecule has 7 nitrogen and oxygen atoms in total. The molecule has 0 spiro atoms. The average molecular weight is 412 g/mol. The number of carbonyl (C=O) groups is 3. The molecule has 160 valence electrons. The van der Waals surface area contributed by atoms with Crippen molar-refractivity contribution in [1.82, 2.24) is 10.6 Å². The first-order valence-corrected chi connectivity index (χ1v) is 10.1. The second-order valence-corrected chi connectivity index (χ2v) is 7.23. The predicted octanol–water partition coefficient (Wildman–Crippen LogP) is 3.12. The van der Waals surface area contributed by atoms with E-state index in [9.17, 15) is 14.4 Å². The topological polar surface area (TPSA) is 96.5 Å². The van der Waals surface area contributed by atoms with Gasteiger partial charge < -0.3 is 20.7 Å². The molecule has 0 aliphatic rings. The zero-order valence-corrected chi connectivity index (χ0v) is 17.4. The Morgan fingerprint density at radius 1 is 0.933 bits per heavy atom. The molecule has 30 heavy (non-hydrogen) atoms. The number of anilines is 1. The van der Waals surface area contributed by atoms with Crippen LogP contribution in [0.2, 0.25) is 0 Å². The van der Waals surface area contributed by atoms with E-state index in [0.717, 1.165) is 12.8 Å². The van der Waals surface area contributed by atoms with Crippen LogP contribution in [0.25, 0.3) is 0 Å². The van der Waals surface area contributed by atoms with E-state index in [1.165, 1.54) is 5.56 Å². The molecule has 1 atom stereocenters. The fourth-order valence-corrected chi connectivity index (χ4v) is 2.77. The lowest BCUT2D eigenvalue weighted by molar-refractivity contribution is -0.151. The highest BCUT2D eigenvalue weighted by Gasteiger charge is 2.26. The number of nitrogens with one attached hydrogen (secondary N) is 3. The largest absolute Gasteiger partial charge is 0.454 e. The number of hydrogen-bond acceptors (Lipinski definition) is 4. The second kappa shape index (κ2) is 12.3. The maximum absolute atomic E-state index is 12.3. The minimum absolute atomic E-state index is 0.201. The zero-order chi connectivity index (χ0) is 21.8. The molecule has 0 unspecified atom stereocenters. The van der Waals surface area contributed by atoms with Crippen molar-refractivity contribution in [2.45, 2.75) is 32.7 Å². The molecule has 0 saturated heterocycles. The number of rotatable bonds is 10. The molecular weight excluding hydrogens is 382 g/mol. The monoisotopic (exact) mass is 411 g/mol. The van der Waals surface area contributed by atoms with E-state index in [2.05, 4.69) is 16.0 Å². The predicted molar refractivity (Wildman–Crippen MR) is 116 cm³/mol. The second-order valence-electron chi connectivity index (χ2n) is 7.23. The first kappa shape index (κ1) is 22.9. The number of aryl methyl sites for hydroxylation is 1. The standard InChI is InChI=1S/C23H29N3O4/c1-17(2)21(26-23(29)25-19-13-7-4-8-14-19)22(28)30-16-20(27)24-15-9-12-18-10-5-3-6-11-18/h3-8,10-11,13-14,17,21H,9,12,15-16H2,1-2H3,(H,24,27)(H2,25,26,29)/t21-/m1/s1. The molecule has 0 aliphatic carbocycles. The van der Waals surface area contributed by atoms with Gasteiger partial charge in [0.15, 0.2) is 6.61 Å².